The molecule has 2 heterocycles. The maximum absolute atomic E-state index is 9.35. The van der Waals surface area contributed by atoms with Gasteiger partial charge in [-0.1, -0.05) is 152 Å². The van der Waals surface area contributed by atoms with Gasteiger partial charge in [0.1, 0.15) is 11.2 Å². The minimum absolute atomic E-state index is 0.541. The van der Waals surface area contributed by atoms with E-state index >= 15 is 0 Å². The zero-order valence-corrected chi connectivity index (χ0v) is 30.7. The molecule has 0 aliphatic rings. The van der Waals surface area contributed by atoms with E-state index in [1.54, 1.807) is 0 Å². The molecular weight excluding hydrogens is 697 g/mol. The molecule has 2 aromatic heterocycles. The van der Waals surface area contributed by atoms with Crippen molar-refractivity contribution in [2.75, 3.05) is 0 Å². The minimum atomic E-state index is 0.541. The Balaban J connectivity index is 1.18. The fourth-order valence-electron chi connectivity index (χ4n) is 7.57. The Kier molecular flexibility index (Phi) is 8.48. The van der Waals surface area contributed by atoms with Crippen molar-refractivity contribution >= 4 is 21.9 Å². The van der Waals surface area contributed by atoms with E-state index in [4.69, 9.17) is 19.4 Å². The van der Waals surface area contributed by atoms with Crippen LogP contribution in [0.25, 0.3) is 101 Å². The van der Waals surface area contributed by atoms with E-state index in [2.05, 4.69) is 115 Å². The lowest BCUT2D eigenvalue weighted by atomic mass is 9.93. The third-order valence-corrected chi connectivity index (χ3v) is 10.4. The summed E-state index contributed by atoms with van der Waals surface area (Å²) in [6.07, 6.45) is 0. The fraction of sp³-hybridized carbons (Fsp3) is 0. The fourth-order valence-corrected chi connectivity index (χ4v) is 7.57. The van der Waals surface area contributed by atoms with Crippen molar-refractivity contribution in [3.05, 3.63) is 200 Å². The van der Waals surface area contributed by atoms with Crippen LogP contribution >= 0.6 is 0 Å². The van der Waals surface area contributed by atoms with Crippen LogP contribution in [0.4, 0.5) is 0 Å². The van der Waals surface area contributed by atoms with E-state index in [-0.39, 0.29) is 0 Å². The first kappa shape index (κ1) is 33.6. The molecule has 0 aliphatic carbocycles. The van der Waals surface area contributed by atoms with Crippen LogP contribution < -0.4 is 0 Å². The molecule has 0 amide bonds. The third kappa shape index (κ3) is 6.42. The van der Waals surface area contributed by atoms with E-state index in [0.717, 1.165) is 77.6 Å². The predicted octanol–water partition coefficient (Wildman–Crippen LogP) is 13.3. The van der Waals surface area contributed by atoms with Crippen LogP contribution in [0.5, 0.6) is 0 Å². The van der Waals surface area contributed by atoms with Crippen LogP contribution in [0, 0.1) is 11.3 Å². The van der Waals surface area contributed by atoms with E-state index < -0.39 is 0 Å². The summed E-state index contributed by atoms with van der Waals surface area (Å²) in [5, 5.41) is 11.4. The van der Waals surface area contributed by atoms with E-state index in [0.29, 0.717) is 23.0 Å². The summed E-state index contributed by atoms with van der Waals surface area (Å²) in [6, 6.07) is 68.1. The van der Waals surface area contributed by atoms with Crippen molar-refractivity contribution in [3.63, 3.8) is 0 Å². The SMILES string of the molecule is N#Cc1ccc(-c2cccc(-c3nc(-c4ccccc4)nc(-c4cc5oc6cccc(-c7cccc(-c8ccccc8)c7)c6c5cc4-c4ccccc4)n3)c2)cc1. The van der Waals surface area contributed by atoms with Crippen LogP contribution in [0.2, 0.25) is 0 Å². The lowest BCUT2D eigenvalue weighted by molar-refractivity contribution is 0.669. The number of furan rings is 1. The zero-order chi connectivity index (χ0) is 38.1. The number of aromatic nitrogens is 3. The van der Waals surface area contributed by atoms with Gasteiger partial charge in [0.15, 0.2) is 17.5 Å². The molecule has 0 atom stereocenters. The number of fused-ring (bicyclic) bond motifs is 3. The number of nitriles is 1. The van der Waals surface area contributed by atoms with Crippen molar-refractivity contribution in [3.8, 4) is 84.7 Å². The van der Waals surface area contributed by atoms with Gasteiger partial charge in [0.2, 0.25) is 0 Å². The Labute approximate surface area is 329 Å². The van der Waals surface area contributed by atoms with Crippen LogP contribution in [0.15, 0.2) is 199 Å². The lowest BCUT2D eigenvalue weighted by Gasteiger charge is -2.13. The van der Waals surface area contributed by atoms with Gasteiger partial charge in [0.25, 0.3) is 0 Å². The molecule has 0 unspecified atom stereocenters. The number of rotatable bonds is 7. The van der Waals surface area contributed by atoms with Gasteiger partial charge >= 0.3 is 0 Å². The minimum Gasteiger partial charge on any atom is -0.456 e. The zero-order valence-electron chi connectivity index (χ0n) is 30.7. The van der Waals surface area contributed by atoms with Crippen molar-refractivity contribution in [2.45, 2.75) is 0 Å². The van der Waals surface area contributed by atoms with E-state index in [1.165, 1.54) is 5.56 Å². The first-order valence-corrected chi connectivity index (χ1v) is 18.8. The van der Waals surface area contributed by atoms with Gasteiger partial charge in [-0.25, -0.2) is 15.0 Å². The molecule has 5 heteroatoms. The lowest BCUT2D eigenvalue weighted by Crippen LogP contribution is -2.01. The highest BCUT2D eigenvalue weighted by Crippen LogP contribution is 2.43. The average Bonchev–Trinajstić information content (AvgIpc) is 3.67. The first-order chi connectivity index (χ1) is 28.2. The van der Waals surface area contributed by atoms with Crippen LogP contribution in [-0.2, 0) is 0 Å². The van der Waals surface area contributed by atoms with Crippen LogP contribution in [0.3, 0.4) is 0 Å². The number of benzene rings is 8. The molecule has 0 fully saturated rings. The van der Waals surface area contributed by atoms with Crippen LogP contribution in [0.1, 0.15) is 5.56 Å². The topological polar surface area (TPSA) is 75.6 Å². The number of nitrogens with zero attached hydrogens (tertiary/aromatic N) is 4. The smallest absolute Gasteiger partial charge is 0.164 e. The van der Waals surface area contributed by atoms with Gasteiger partial charge < -0.3 is 4.42 Å². The quantitative estimate of drug-likeness (QED) is 0.163. The molecular formula is C52H32N4O. The van der Waals surface area contributed by atoms with Gasteiger partial charge in [0, 0.05) is 27.5 Å². The predicted molar refractivity (Wildman–Crippen MR) is 230 cm³/mol. The summed E-state index contributed by atoms with van der Waals surface area (Å²) < 4.78 is 6.70. The van der Waals surface area contributed by atoms with Gasteiger partial charge in [-0.05, 0) is 87.0 Å². The first-order valence-electron chi connectivity index (χ1n) is 18.8. The molecule has 10 aromatic rings. The number of hydrogen-bond acceptors (Lipinski definition) is 5. The Morgan fingerprint density at radius 2 is 0.877 bits per heavy atom. The van der Waals surface area contributed by atoms with E-state index in [1.807, 2.05) is 84.9 Å². The second-order valence-electron chi connectivity index (χ2n) is 13.9. The Hall–Kier alpha value is -7.94. The monoisotopic (exact) mass is 728 g/mol. The van der Waals surface area contributed by atoms with Crippen molar-refractivity contribution in [2.24, 2.45) is 0 Å². The number of hydrogen-bond donors (Lipinski definition) is 0. The highest BCUT2D eigenvalue weighted by molar-refractivity contribution is 6.14. The van der Waals surface area contributed by atoms with Crippen molar-refractivity contribution in [1.82, 2.24) is 15.0 Å². The largest absolute Gasteiger partial charge is 0.456 e. The summed E-state index contributed by atoms with van der Waals surface area (Å²) in [5.74, 6) is 1.67. The molecule has 5 nitrogen and oxygen atoms in total. The molecule has 8 aromatic carbocycles. The van der Waals surface area contributed by atoms with Gasteiger partial charge in [-0.15, -0.1) is 0 Å². The van der Waals surface area contributed by atoms with Crippen molar-refractivity contribution in [1.29, 1.82) is 5.26 Å². The molecule has 57 heavy (non-hydrogen) atoms. The summed E-state index contributed by atoms with van der Waals surface area (Å²) in [6.45, 7) is 0. The van der Waals surface area contributed by atoms with E-state index in [9.17, 15) is 5.26 Å². The third-order valence-electron chi connectivity index (χ3n) is 10.4. The molecule has 0 saturated carbocycles. The molecule has 0 bridgehead atoms. The molecule has 0 aliphatic heterocycles. The normalized spacial score (nSPS) is 11.1. The summed E-state index contributed by atoms with van der Waals surface area (Å²) in [7, 11) is 0. The maximum atomic E-state index is 9.35. The van der Waals surface area contributed by atoms with Crippen LogP contribution in [-0.4, -0.2) is 15.0 Å². The molecule has 0 N–H and O–H groups in total. The Bertz CT molecular complexity index is 3110. The molecule has 10 rings (SSSR count). The summed E-state index contributed by atoms with van der Waals surface area (Å²) in [4.78, 5) is 15.4. The Morgan fingerprint density at radius 1 is 0.351 bits per heavy atom. The summed E-state index contributed by atoms with van der Waals surface area (Å²) >= 11 is 0. The maximum Gasteiger partial charge on any atom is 0.164 e. The molecule has 266 valence electrons. The van der Waals surface area contributed by atoms with Crippen molar-refractivity contribution < 1.29 is 4.42 Å². The van der Waals surface area contributed by atoms with Gasteiger partial charge in [-0.2, -0.15) is 5.26 Å². The average molecular weight is 729 g/mol. The second kappa shape index (κ2) is 14.4. The highest BCUT2D eigenvalue weighted by Gasteiger charge is 2.21. The molecule has 0 spiro atoms. The molecule has 0 saturated heterocycles. The highest BCUT2D eigenvalue weighted by atomic mass is 16.3. The molecule has 0 radical (unpaired) electrons. The summed E-state index contributed by atoms with van der Waals surface area (Å²) in [5.41, 5.74) is 13.3. The standard InChI is InChI=1S/C52H32N4O/c53-33-34-25-27-36(28-26-34)40-20-11-22-42(30-40)51-54-50(38-17-8-3-9-18-38)55-52(56-51)45-32-48-46(31-44(45)37-15-6-2-7-16-37)49-43(23-12-24-47(49)57-48)41-21-10-19-39(29-41)35-13-4-1-5-14-35/h1-32H. The second-order valence-corrected chi connectivity index (χ2v) is 13.9. The van der Waals surface area contributed by atoms with Gasteiger partial charge in [-0.3, -0.25) is 0 Å². The van der Waals surface area contributed by atoms with Gasteiger partial charge in [0.05, 0.1) is 11.6 Å². The Morgan fingerprint density at radius 3 is 1.56 bits per heavy atom.